The topological polar surface area (TPSA) is 113 Å². The third-order valence-electron chi connectivity index (χ3n) is 3.53. The molecule has 0 aromatic carbocycles. The van der Waals surface area contributed by atoms with Gasteiger partial charge in [0.2, 0.25) is 17.7 Å². The SMILES string of the molecule is Cl.NC1(C(C(=O)CI)[n+]2ccccc2)CC(C(=O)O)NC1=O.[Cl-]. The molecule has 2 heterocycles. The molecule has 0 bridgehead atoms. The summed E-state index contributed by atoms with van der Waals surface area (Å²) in [6, 6.07) is 3.22. The Balaban J connectivity index is 0.00000242. The fourth-order valence-electron chi connectivity index (χ4n) is 2.54. The van der Waals surface area contributed by atoms with Crippen LogP contribution in [0.5, 0.6) is 0 Å². The van der Waals surface area contributed by atoms with Crippen molar-refractivity contribution in [2.24, 2.45) is 5.73 Å². The molecule has 0 aliphatic carbocycles. The third-order valence-corrected chi connectivity index (χ3v) is 4.28. The van der Waals surface area contributed by atoms with Crippen LogP contribution in [0.25, 0.3) is 0 Å². The lowest BCUT2D eigenvalue weighted by Crippen LogP contribution is -3.00. The average Bonchev–Trinajstić information content (AvgIpc) is 2.77. The first kappa shape index (κ1) is 22.0. The van der Waals surface area contributed by atoms with Crippen LogP contribution in [0.1, 0.15) is 12.5 Å². The van der Waals surface area contributed by atoms with Crippen molar-refractivity contribution >= 4 is 52.7 Å². The van der Waals surface area contributed by atoms with Crippen LogP contribution in [0.4, 0.5) is 0 Å². The van der Waals surface area contributed by atoms with Crippen LogP contribution < -0.4 is 28.0 Å². The number of halogens is 3. The summed E-state index contributed by atoms with van der Waals surface area (Å²) >= 11 is 1.91. The van der Waals surface area contributed by atoms with Crippen LogP contribution in [-0.2, 0) is 14.4 Å². The second-order valence-electron chi connectivity index (χ2n) is 4.93. The number of nitrogens with two attached hydrogens (primary N) is 1. The van der Waals surface area contributed by atoms with Crippen molar-refractivity contribution in [3.8, 4) is 0 Å². The van der Waals surface area contributed by atoms with Gasteiger partial charge in [0.15, 0.2) is 17.9 Å². The van der Waals surface area contributed by atoms with Gasteiger partial charge in [-0.2, -0.15) is 4.57 Å². The van der Waals surface area contributed by atoms with Gasteiger partial charge in [0.05, 0.1) is 4.43 Å². The molecule has 0 radical (unpaired) electrons. The van der Waals surface area contributed by atoms with Gasteiger partial charge in [0.1, 0.15) is 6.04 Å². The molecule has 1 saturated heterocycles. The molecule has 0 saturated carbocycles. The molecule has 0 spiro atoms. The molecule has 3 unspecified atom stereocenters. The highest BCUT2D eigenvalue weighted by molar-refractivity contribution is 14.1. The summed E-state index contributed by atoms with van der Waals surface area (Å²) in [4.78, 5) is 35.5. The van der Waals surface area contributed by atoms with E-state index in [-0.39, 0.29) is 41.4 Å². The fourth-order valence-corrected chi connectivity index (χ4v) is 2.95. The maximum Gasteiger partial charge on any atom is 0.326 e. The molecule has 1 amide bonds. The first-order chi connectivity index (χ1) is 9.90. The monoisotopic (exact) mass is 475 g/mol. The van der Waals surface area contributed by atoms with Crippen LogP contribution in [-0.4, -0.2) is 38.8 Å². The van der Waals surface area contributed by atoms with Crippen molar-refractivity contribution in [2.75, 3.05) is 4.43 Å². The summed E-state index contributed by atoms with van der Waals surface area (Å²) in [6.45, 7) is 0. The van der Waals surface area contributed by atoms with Gasteiger partial charge < -0.3 is 28.6 Å². The Hall–Kier alpha value is -0.970. The van der Waals surface area contributed by atoms with E-state index in [0.717, 1.165) is 0 Å². The normalized spacial score (nSPS) is 23.9. The Labute approximate surface area is 159 Å². The highest BCUT2D eigenvalue weighted by Gasteiger charge is 2.58. The minimum atomic E-state index is -1.57. The average molecular weight is 476 g/mol. The number of hydrogen-bond donors (Lipinski definition) is 3. The number of nitrogens with one attached hydrogen (secondary N) is 1. The maximum absolute atomic E-state index is 12.3. The van der Waals surface area contributed by atoms with Crippen molar-refractivity contribution in [3.05, 3.63) is 30.6 Å². The van der Waals surface area contributed by atoms with E-state index in [1.165, 1.54) is 0 Å². The van der Waals surface area contributed by atoms with E-state index in [4.69, 9.17) is 10.8 Å². The zero-order chi connectivity index (χ0) is 15.6. The van der Waals surface area contributed by atoms with Crippen molar-refractivity contribution < 1.29 is 36.5 Å². The van der Waals surface area contributed by atoms with Crippen molar-refractivity contribution in [1.29, 1.82) is 0 Å². The number of amides is 1. The molecule has 2 rings (SSSR count). The number of carboxylic acid groups (broad SMARTS) is 1. The number of carboxylic acids is 1. The quantitative estimate of drug-likeness (QED) is 0.233. The molecule has 4 N–H and O–H groups in total. The van der Waals surface area contributed by atoms with Gasteiger partial charge in [0, 0.05) is 18.6 Å². The lowest BCUT2D eigenvalue weighted by molar-refractivity contribution is -0.714. The van der Waals surface area contributed by atoms with Gasteiger partial charge in [0.25, 0.3) is 0 Å². The number of Topliss-reactive ketones (excluding diaryl/α,β-unsaturated/α-hetero) is 1. The summed E-state index contributed by atoms with van der Waals surface area (Å²) in [5.74, 6) is -2.00. The first-order valence-corrected chi connectivity index (χ1v) is 7.80. The van der Waals surface area contributed by atoms with E-state index in [1.807, 2.05) is 22.6 Å². The molecule has 1 aliphatic heterocycles. The highest BCUT2D eigenvalue weighted by atomic mass is 127. The van der Waals surface area contributed by atoms with Gasteiger partial charge in [-0.1, -0.05) is 28.7 Å². The number of carbonyl (C=O) groups excluding carboxylic acids is 2. The summed E-state index contributed by atoms with van der Waals surface area (Å²) in [6.07, 6.45) is 3.16. The standard InChI is InChI=1S/C13H14IN3O4.2ClH/c14-7-9(18)10(17-4-2-1-3-5-17)13(15)6-8(11(19)20)16-12(13)21;;/h1-5,8,10H,6-7,15H2,(H-,16,19,20,21);2*1H. The van der Waals surface area contributed by atoms with Crippen LogP contribution in [0.3, 0.4) is 0 Å². The van der Waals surface area contributed by atoms with E-state index < -0.39 is 29.5 Å². The van der Waals surface area contributed by atoms with Crippen molar-refractivity contribution in [1.82, 2.24) is 5.32 Å². The molecule has 3 atom stereocenters. The zero-order valence-electron chi connectivity index (χ0n) is 11.8. The van der Waals surface area contributed by atoms with Gasteiger partial charge in [-0.05, 0) is 0 Å². The number of aromatic nitrogens is 1. The smallest absolute Gasteiger partial charge is 0.326 e. The molecule has 10 heteroatoms. The second kappa shape index (κ2) is 8.76. The van der Waals surface area contributed by atoms with E-state index >= 15 is 0 Å². The number of alkyl halides is 1. The van der Waals surface area contributed by atoms with E-state index in [9.17, 15) is 14.4 Å². The molecule has 1 fully saturated rings. The Morgan fingerprint density at radius 3 is 2.43 bits per heavy atom. The van der Waals surface area contributed by atoms with Crippen LogP contribution >= 0.6 is 35.0 Å². The predicted octanol–water partition coefficient (Wildman–Crippen LogP) is -3.38. The minimum Gasteiger partial charge on any atom is -1.00 e. The molecule has 1 aromatic rings. The van der Waals surface area contributed by atoms with Crippen LogP contribution in [0.15, 0.2) is 30.6 Å². The predicted molar refractivity (Wildman–Crippen MR) is 87.9 cm³/mol. The van der Waals surface area contributed by atoms with E-state index in [2.05, 4.69) is 5.32 Å². The van der Waals surface area contributed by atoms with Crippen molar-refractivity contribution in [3.63, 3.8) is 0 Å². The second-order valence-corrected chi connectivity index (χ2v) is 5.70. The Kier molecular flexibility index (Phi) is 8.39. The highest BCUT2D eigenvalue weighted by Crippen LogP contribution is 2.28. The summed E-state index contributed by atoms with van der Waals surface area (Å²) in [7, 11) is 0. The van der Waals surface area contributed by atoms with Gasteiger partial charge in [-0.25, -0.2) is 4.79 Å². The molecule has 128 valence electrons. The lowest BCUT2D eigenvalue weighted by Gasteiger charge is -2.25. The maximum atomic E-state index is 12.3. The van der Waals surface area contributed by atoms with Crippen molar-refractivity contribution in [2.45, 2.75) is 24.0 Å². The number of aliphatic carboxylic acids is 1. The zero-order valence-corrected chi connectivity index (χ0v) is 15.5. The molecular formula is C13H16Cl2IN3O4. The lowest BCUT2D eigenvalue weighted by atomic mass is 9.85. The Morgan fingerprint density at radius 2 is 2.00 bits per heavy atom. The van der Waals surface area contributed by atoms with E-state index in [1.54, 1.807) is 35.2 Å². The van der Waals surface area contributed by atoms with Crippen LogP contribution in [0, 0.1) is 0 Å². The molecule has 7 nitrogen and oxygen atoms in total. The third kappa shape index (κ3) is 4.31. The number of carbonyl (C=O) groups is 3. The Bertz CT molecular complexity index is 590. The van der Waals surface area contributed by atoms with Crippen LogP contribution in [0.2, 0.25) is 0 Å². The molecule has 23 heavy (non-hydrogen) atoms. The number of hydrogen-bond acceptors (Lipinski definition) is 4. The Morgan fingerprint density at radius 1 is 1.43 bits per heavy atom. The number of ketones is 1. The number of pyridine rings is 1. The molecule has 1 aromatic heterocycles. The summed E-state index contributed by atoms with van der Waals surface area (Å²) in [5, 5.41) is 11.4. The van der Waals surface area contributed by atoms with Gasteiger partial charge >= 0.3 is 5.97 Å². The van der Waals surface area contributed by atoms with Gasteiger partial charge in [-0.15, -0.1) is 12.4 Å². The first-order valence-electron chi connectivity index (χ1n) is 6.27. The summed E-state index contributed by atoms with van der Waals surface area (Å²) < 4.78 is 1.74. The summed E-state index contributed by atoms with van der Waals surface area (Å²) in [5.41, 5.74) is 4.59. The number of nitrogens with zero attached hydrogens (tertiary/aromatic N) is 1. The molecule has 1 aliphatic rings. The fraction of sp³-hybridized carbons (Fsp3) is 0.385. The largest absolute Gasteiger partial charge is 1.00 e. The van der Waals surface area contributed by atoms with E-state index in [0.29, 0.717) is 0 Å². The minimum absolute atomic E-state index is 0. The van der Waals surface area contributed by atoms with Gasteiger partial charge in [-0.3, -0.25) is 9.59 Å². The molecular weight excluding hydrogens is 460 g/mol. The number of rotatable bonds is 5.